The Balaban J connectivity index is 2.85. The third-order valence-electron chi connectivity index (χ3n) is 2.14. The molecule has 0 aliphatic rings. The van der Waals surface area contributed by atoms with E-state index in [1.807, 2.05) is 6.20 Å². The summed E-state index contributed by atoms with van der Waals surface area (Å²) in [6.07, 6.45) is 3.63. The molecule has 0 spiro atoms. The number of nitrogens with zero attached hydrogens (tertiary/aromatic N) is 2. The molecule has 0 aromatic carbocycles. The fourth-order valence-electron chi connectivity index (χ4n) is 1.24. The summed E-state index contributed by atoms with van der Waals surface area (Å²) in [7, 11) is -1.38. The summed E-state index contributed by atoms with van der Waals surface area (Å²) in [5.74, 6) is 0. The zero-order valence-electron chi connectivity index (χ0n) is 11.5. The van der Waals surface area contributed by atoms with Gasteiger partial charge in [0, 0.05) is 17.1 Å². The third kappa shape index (κ3) is 4.51. The van der Waals surface area contributed by atoms with Crippen LogP contribution in [0.15, 0.2) is 12.4 Å². The van der Waals surface area contributed by atoms with Gasteiger partial charge < -0.3 is 5.32 Å². The predicted molar refractivity (Wildman–Crippen MR) is 79.6 cm³/mol. The number of hydrogen-bond acceptors (Lipinski definition) is 3. The van der Waals surface area contributed by atoms with Crippen molar-refractivity contribution in [1.82, 2.24) is 15.3 Å². The normalized spacial score (nSPS) is 12.4. The molecule has 0 aliphatic carbocycles. The van der Waals surface area contributed by atoms with Crippen LogP contribution in [0.5, 0.6) is 0 Å². The van der Waals surface area contributed by atoms with E-state index in [2.05, 4.69) is 55.7 Å². The Morgan fingerprint density at radius 3 is 2.12 bits per heavy atom. The second-order valence-corrected chi connectivity index (χ2v) is 11.7. The van der Waals surface area contributed by atoms with Gasteiger partial charge in [-0.05, 0) is 20.8 Å². The van der Waals surface area contributed by atoms with Crippen molar-refractivity contribution >= 4 is 30.6 Å². The van der Waals surface area contributed by atoms with Crippen LogP contribution in [-0.4, -0.2) is 28.6 Å². The topological polar surface area (TPSA) is 37.8 Å². The Bertz CT molecular complexity index is 401. The zero-order valence-corrected chi connectivity index (χ0v) is 13.3. The molecule has 3 nitrogen and oxygen atoms in total. The summed E-state index contributed by atoms with van der Waals surface area (Å²) in [5, 5.41) is 4.34. The van der Waals surface area contributed by atoms with E-state index in [9.17, 15) is 0 Å². The Labute approximate surface area is 110 Å². The summed E-state index contributed by atoms with van der Waals surface area (Å²) in [6.45, 7) is 13.0. The number of thiocarbonyl (C=S) groups is 1. The molecular formula is C12H21N3SSi. The first kappa shape index (κ1) is 14.2. The maximum atomic E-state index is 5.30. The lowest BCUT2D eigenvalue weighted by Crippen LogP contribution is -2.42. The van der Waals surface area contributed by atoms with Crippen molar-refractivity contribution in [2.24, 2.45) is 0 Å². The fraction of sp³-hybridized carbons (Fsp3) is 0.583. The van der Waals surface area contributed by atoms with E-state index in [0.29, 0.717) is 4.99 Å². The molecule has 0 bridgehead atoms. The Kier molecular flexibility index (Phi) is 4.04. The first-order valence-corrected chi connectivity index (χ1v) is 9.65. The van der Waals surface area contributed by atoms with Crippen LogP contribution < -0.4 is 10.6 Å². The van der Waals surface area contributed by atoms with Crippen molar-refractivity contribution in [2.75, 3.05) is 0 Å². The summed E-state index contributed by atoms with van der Waals surface area (Å²) in [6, 6.07) is 0. The van der Waals surface area contributed by atoms with Gasteiger partial charge in [-0.1, -0.05) is 31.9 Å². The quantitative estimate of drug-likeness (QED) is 0.658. The van der Waals surface area contributed by atoms with Gasteiger partial charge in [0.25, 0.3) is 0 Å². The van der Waals surface area contributed by atoms with Crippen LogP contribution in [0.1, 0.15) is 26.5 Å². The van der Waals surface area contributed by atoms with E-state index < -0.39 is 8.07 Å². The Morgan fingerprint density at radius 1 is 1.18 bits per heavy atom. The number of hydrogen-bond donors (Lipinski definition) is 1. The van der Waals surface area contributed by atoms with Gasteiger partial charge in [0.15, 0.2) is 0 Å². The molecule has 0 unspecified atom stereocenters. The van der Waals surface area contributed by atoms with Crippen LogP contribution in [0.25, 0.3) is 0 Å². The van der Waals surface area contributed by atoms with Gasteiger partial charge in [0.1, 0.15) is 18.8 Å². The predicted octanol–water partition coefficient (Wildman–Crippen LogP) is 2.09. The van der Waals surface area contributed by atoms with Crippen LogP contribution in [0.4, 0.5) is 0 Å². The van der Waals surface area contributed by atoms with E-state index in [4.69, 9.17) is 12.2 Å². The lowest BCUT2D eigenvalue weighted by atomic mass is 10.1. The van der Waals surface area contributed by atoms with E-state index in [1.165, 1.54) is 0 Å². The highest BCUT2D eigenvalue weighted by Crippen LogP contribution is 2.03. The minimum Gasteiger partial charge on any atom is -0.370 e. The molecule has 0 saturated heterocycles. The van der Waals surface area contributed by atoms with E-state index in [-0.39, 0.29) is 5.54 Å². The van der Waals surface area contributed by atoms with Crippen molar-refractivity contribution in [3.8, 4) is 0 Å². The van der Waals surface area contributed by atoms with E-state index in [0.717, 1.165) is 11.0 Å². The van der Waals surface area contributed by atoms with Crippen molar-refractivity contribution < 1.29 is 0 Å². The molecule has 0 saturated carbocycles. The maximum Gasteiger partial charge on any atom is 0.127 e. The van der Waals surface area contributed by atoms with E-state index >= 15 is 0 Å². The molecular weight excluding hydrogens is 246 g/mol. The summed E-state index contributed by atoms with van der Waals surface area (Å²) in [4.78, 5) is 9.53. The summed E-state index contributed by atoms with van der Waals surface area (Å²) in [5.41, 5.74) is 0.702. The van der Waals surface area contributed by atoms with E-state index in [1.54, 1.807) is 6.20 Å². The van der Waals surface area contributed by atoms with Crippen LogP contribution in [0, 0.1) is 0 Å². The fourth-order valence-corrected chi connectivity index (χ4v) is 2.55. The Hall–Kier alpha value is -0.813. The van der Waals surface area contributed by atoms with Gasteiger partial charge in [0.05, 0.1) is 6.20 Å². The zero-order chi connectivity index (χ0) is 13.3. The van der Waals surface area contributed by atoms with Crippen molar-refractivity contribution in [2.45, 2.75) is 46.0 Å². The average molecular weight is 267 g/mol. The van der Waals surface area contributed by atoms with Gasteiger partial charge in [-0.3, -0.25) is 9.97 Å². The molecule has 94 valence electrons. The highest BCUT2D eigenvalue weighted by atomic mass is 32.1. The van der Waals surface area contributed by atoms with Crippen LogP contribution in [-0.2, 0) is 0 Å². The molecule has 0 amide bonds. The molecule has 0 radical (unpaired) electrons. The number of nitrogens with one attached hydrogen (secondary N) is 1. The minimum absolute atomic E-state index is 0.0454. The maximum absolute atomic E-state index is 5.30. The lowest BCUT2D eigenvalue weighted by Gasteiger charge is -2.22. The molecule has 1 heterocycles. The monoisotopic (exact) mass is 267 g/mol. The average Bonchev–Trinajstić information content (AvgIpc) is 2.14. The first-order valence-electron chi connectivity index (χ1n) is 5.75. The number of rotatable bonds is 2. The highest BCUT2D eigenvalue weighted by Gasteiger charge is 2.19. The number of aromatic nitrogens is 2. The van der Waals surface area contributed by atoms with Crippen LogP contribution >= 0.6 is 12.2 Å². The van der Waals surface area contributed by atoms with Crippen LogP contribution in [0.3, 0.4) is 0 Å². The van der Waals surface area contributed by atoms with Gasteiger partial charge in [-0.15, -0.1) is 0 Å². The standard InChI is InChI=1S/C12H21N3SSi/c1-12(2,3)15-11(16)9-7-14-10(8-13-9)17(4,5)6/h7-8H,1-6H3,(H,15,16). The molecule has 0 aliphatic heterocycles. The van der Waals surface area contributed by atoms with Crippen molar-refractivity contribution in [3.63, 3.8) is 0 Å². The first-order chi connectivity index (χ1) is 7.59. The molecule has 1 rings (SSSR count). The highest BCUT2D eigenvalue weighted by molar-refractivity contribution is 7.80. The molecule has 5 heteroatoms. The SMILES string of the molecule is CC(C)(C)NC(=S)c1cnc([Si](C)(C)C)cn1. The second kappa shape index (κ2) is 4.82. The Morgan fingerprint density at radius 2 is 1.76 bits per heavy atom. The molecule has 0 fully saturated rings. The van der Waals surface area contributed by atoms with Crippen molar-refractivity contribution in [1.29, 1.82) is 0 Å². The molecule has 0 atom stereocenters. The molecule has 17 heavy (non-hydrogen) atoms. The molecule has 1 aromatic rings. The van der Waals surface area contributed by atoms with Gasteiger partial charge in [0.2, 0.25) is 0 Å². The summed E-state index contributed by atoms with van der Waals surface area (Å²) >= 11 is 5.30. The van der Waals surface area contributed by atoms with Gasteiger partial charge in [-0.2, -0.15) is 0 Å². The third-order valence-corrected chi connectivity index (χ3v) is 4.25. The smallest absolute Gasteiger partial charge is 0.127 e. The summed E-state index contributed by atoms with van der Waals surface area (Å²) < 4.78 is 0. The van der Waals surface area contributed by atoms with Crippen LogP contribution in [0.2, 0.25) is 19.6 Å². The lowest BCUT2D eigenvalue weighted by molar-refractivity contribution is 0.515. The van der Waals surface area contributed by atoms with Gasteiger partial charge >= 0.3 is 0 Å². The second-order valence-electron chi connectivity index (χ2n) is 6.24. The van der Waals surface area contributed by atoms with Crippen molar-refractivity contribution in [3.05, 3.63) is 18.1 Å². The van der Waals surface area contributed by atoms with Gasteiger partial charge in [-0.25, -0.2) is 0 Å². The minimum atomic E-state index is -1.38. The molecule has 1 N–H and O–H groups in total. The molecule has 1 aromatic heterocycles. The largest absolute Gasteiger partial charge is 0.370 e.